The monoisotopic (exact) mass is 1070 g/mol. The van der Waals surface area contributed by atoms with Gasteiger partial charge < -0.3 is 74.5 Å². The third-order valence-electron chi connectivity index (χ3n) is 8.11. The van der Waals surface area contributed by atoms with E-state index in [0.29, 0.717) is 0 Å². The maximum atomic E-state index is 12.0. The molecule has 23 heteroatoms. The molecule has 0 aliphatic heterocycles. The summed E-state index contributed by atoms with van der Waals surface area (Å²) >= 11 is 0. The number of aliphatic hydroxyl groups is 1. The van der Waals surface area contributed by atoms with Crippen molar-refractivity contribution >= 4 is 54.6 Å². The third kappa shape index (κ3) is 36.4. The van der Waals surface area contributed by atoms with Crippen molar-refractivity contribution in [1.29, 1.82) is 0 Å². The molecule has 0 unspecified atom stereocenters. The number of rotatable bonds is 20. The van der Waals surface area contributed by atoms with E-state index in [4.69, 9.17) is 53.8 Å². The number of carboxylic acid groups (broad SMARTS) is 1. The SMILES string of the molecule is CC(C)(C)OC(=O)N[C@@H](CO)C(=O)OCc1ccccc1.COC[C@H](N)C(=O)OCc1ccccc1.COC[C@H](NC(=O)OC(C)(C)C)C(=O)O.COC[C@H](NC(=O)OC(C)(C)C)C(=O)OCc1ccccc1.Cl. The Bertz CT molecular complexity index is 2070. The van der Waals surface area contributed by atoms with E-state index in [-0.39, 0.29) is 52.0 Å². The maximum Gasteiger partial charge on any atom is 0.408 e. The number of aliphatic carboxylic acids is 1. The zero-order valence-electron chi connectivity index (χ0n) is 44.3. The summed E-state index contributed by atoms with van der Waals surface area (Å²) in [6.07, 6.45) is -2.24. The van der Waals surface area contributed by atoms with Gasteiger partial charge in [0.1, 0.15) is 42.7 Å². The molecule has 0 heterocycles. The Hall–Kier alpha value is -6.56. The molecule has 416 valence electrons. The van der Waals surface area contributed by atoms with Gasteiger partial charge in [0.15, 0.2) is 18.1 Å². The zero-order chi connectivity index (χ0) is 55.6. The fourth-order valence-electron chi connectivity index (χ4n) is 4.95. The molecule has 0 fully saturated rings. The van der Waals surface area contributed by atoms with Gasteiger partial charge >= 0.3 is 42.2 Å². The van der Waals surface area contributed by atoms with Crippen molar-refractivity contribution in [3.05, 3.63) is 108 Å². The Morgan fingerprint density at radius 1 is 0.473 bits per heavy atom. The van der Waals surface area contributed by atoms with Gasteiger partial charge in [0.2, 0.25) is 0 Å². The fraction of sp³-hybridized carbons (Fsp3) is 0.510. The molecule has 0 aromatic heterocycles. The number of ether oxygens (including phenoxy) is 9. The van der Waals surface area contributed by atoms with Gasteiger partial charge in [-0.2, -0.15) is 0 Å². The van der Waals surface area contributed by atoms with Crippen LogP contribution in [0.2, 0.25) is 0 Å². The standard InChI is InChI=1S/C16H23NO5.C15H21NO5.C11H15NO3.C9H17NO5.ClH/c1-16(2,3)22-15(19)17-13(11-20-4)14(18)21-10-12-8-6-5-7-9-12;1-15(2,3)21-14(19)16-12(9-17)13(18)20-10-11-7-5-4-6-8-11;1-14-8-10(12)11(13)15-7-9-5-3-2-4-6-9;1-9(2,3)15-8(13)10-6(5-14-4)7(11)12;/h5-9,13H,10-11H2,1-4H3,(H,17,19);4-8,12,17H,9-10H2,1-3H3,(H,16,19);2-6,10H,7-8,12H2,1H3;6H,5H2,1-4H3,(H,10,13)(H,11,12);1H/t13-;12-;10-;6-;/m0000./s1. The minimum absolute atomic E-state index is 0. The van der Waals surface area contributed by atoms with Crippen LogP contribution in [-0.4, -0.2) is 141 Å². The van der Waals surface area contributed by atoms with Crippen LogP contribution in [-0.2, 0) is 81.6 Å². The molecule has 22 nitrogen and oxygen atoms in total. The molecule has 3 aromatic rings. The molecule has 0 saturated heterocycles. The fourth-order valence-corrected chi connectivity index (χ4v) is 4.95. The lowest BCUT2D eigenvalue weighted by Gasteiger charge is -2.22. The summed E-state index contributed by atoms with van der Waals surface area (Å²) in [5, 5.41) is 24.8. The molecule has 0 aliphatic carbocycles. The van der Waals surface area contributed by atoms with Gasteiger partial charge in [-0.1, -0.05) is 91.0 Å². The van der Waals surface area contributed by atoms with Gasteiger partial charge in [0.25, 0.3) is 0 Å². The Kier molecular flexibility index (Phi) is 35.0. The van der Waals surface area contributed by atoms with Gasteiger partial charge in [-0.3, -0.25) is 4.79 Å². The zero-order valence-corrected chi connectivity index (χ0v) is 45.1. The number of aliphatic hydroxyl groups excluding tert-OH is 1. The Labute approximate surface area is 439 Å². The molecule has 3 rings (SSSR count). The summed E-state index contributed by atoms with van der Waals surface area (Å²) in [7, 11) is 4.28. The smallest absolute Gasteiger partial charge is 0.408 e. The number of nitrogens with two attached hydrogens (primary N) is 1. The summed E-state index contributed by atoms with van der Waals surface area (Å²) < 4.78 is 44.6. The van der Waals surface area contributed by atoms with Crippen molar-refractivity contribution in [2.75, 3.05) is 47.8 Å². The Balaban J connectivity index is 0. The van der Waals surface area contributed by atoms with Crippen LogP contribution in [0.5, 0.6) is 0 Å². The normalized spacial score (nSPS) is 12.3. The molecule has 7 N–H and O–H groups in total. The van der Waals surface area contributed by atoms with Crippen LogP contribution in [0.25, 0.3) is 0 Å². The van der Waals surface area contributed by atoms with Gasteiger partial charge in [-0.15, -0.1) is 12.4 Å². The van der Waals surface area contributed by atoms with Crippen LogP contribution in [0, 0.1) is 0 Å². The number of benzene rings is 3. The predicted octanol–water partition coefficient (Wildman–Crippen LogP) is 5.62. The minimum Gasteiger partial charge on any atom is -0.480 e. The first-order chi connectivity index (χ1) is 34.1. The molecule has 3 amide bonds. The predicted molar refractivity (Wildman–Crippen MR) is 274 cm³/mol. The number of halogens is 1. The first kappa shape index (κ1) is 69.5. The van der Waals surface area contributed by atoms with Crippen LogP contribution in [0.3, 0.4) is 0 Å². The Morgan fingerprint density at radius 3 is 1.05 bits per heavy atom. The number of esters is 3. The number of carbonyl (C=O) groups is 7. The van der Waals surface area contributed by atoms with Gasteiger partial charge in [0.05, 0.1) is 26.4 Å². The first-order valence-electron chi connectivity index (χ1n) is 22.8. The molecule has 0 radical (unpaired) electrons. The number of hydrogen-bond acceptors (Lipinski definition) is 18. The van der Waals surface area contributed by atoms with E-state index in [0.717, 1.165) is 16.7 Å². The van der Waals surface area contributed by atoms with E-state index in [1.807, 2.05) is 91.0 Å². The second-order valence-corrected chi connectivity index (χ2v) is 18.4. The number of nitrogens with one attached hydrogen (secondary N) is 3. The van der Waals surface area contributed by atoms with Crippen LogP contribution in [0.4, 0.5) is 14.4 Å². The average Bonchev–Trinajstić information content (AvgIpc) is 3.30. The molecule has 0 saturated carbocycles. The summed E-state index contributed by atoms with van der Waals surface area (Å²) in [4.78, 5) is 80.2. The van der Waals surface area contributed by atoms with Gasteiger partial charge in [0, 0.05) is 21.3 Å². The number of hydrogen-bond donors (Lipinski definition) is 6. The number of amides is 3. The second-order valence-electron chi connectivity index (χ2n) is 18.4. The van der Waals surface area contributed by atoms with Crippen molar-refractivity contribution in [2.24, 2.45) is 5.73 Å². The summed E-state index contributed by atoms with van der Waals surface area (Å²) in [6, 6.07) is 24.0. The highest BCUT2D eigenvalue weighted by Crippen LogP contribution is 2.10. The van der Waals surface area contributed by atoms with E-state index in [2.05, 4.69) is 20.7 Å². The van der Waals surface area contributed by atoms with E-state index < -0.39 is 89.7 Å². The Morgan fingerprint density at radius 2 is 0.757 bits per heavy atom. The van der Waals surface area contributed by atoms with Crippen LogP contribution in [0.1, 0.15) is 79.0 Å². The van der Waals surface area contributed by atoms with Gasteiger partial charge in [-0.05, 0) is 79.0 Å². The maximum absolute atomic E-state index is 12.0. The minimum atomic E-state index is -1.16. The van der Waals surface area contributed by atoms with E-state index in [1.54, 1.807) is 62.3 Å². The van der Waals surface area contributed by atoms with Crippen LogP contribution >= 0.6 is 12.4 Å². The van der Waals surface area contributed by atoms with E-state index >= 15 is 0 Å². The molecule has 0 bridgehead atoms. The highest BCUT2D eigenvalue weighted by atomic mass is 35.5. The summed E-state index contributed by atoms with van der Waals surface area (Å²) in [6.45, 7) is 15.4. The summed E-state index contributed by atoms with van der Waals surface area (Å²) in [5.74, 6) is -2.90. The van der Waals surface area contributed by atoms with Crippen LogP contribution in [0.15, 0.2) is 91.0 Å². The first-order valence-corrected chi connectivity index (χ1v) is 22.8. The highest BCUT2D eigenvalue weighted by molar-refractivity contribution is 5.85. The number of carbonyl (C=O) groups excluding carboxylic acids is 6. The van der Waals surface area contributed by atoms with E-state index in [1.165, 1.54) is 21.3 Å². The molecule has 0 aliphatic rings. The molecule has 0 spiro atoms. The quantitative estimate of drug-likeness (QED) is 0.0591. The van der Waals surface area contributed by atoms with Crippen molar-refractivity contribution < 1.29 is 86.4 Å². The molecule has 4 atom stereocenters. The topological polar surface area (TPSA) is 305 Å². The van der Waals surface area contributed by atoms with Crippen molar-refractivity contribution in [3.63, 3.8) is 0 Å². The lowest BCUT2D eigenvalue weighted by Crippen LogP contribution is -2.46. The molecule has 3 aromatic carbocycles. The van der Waals surface area contributed by atoms with Gasteiger partial charge in [-0.25, -0.2) is 28.8 Å². The molecular formula is C51H77ClN4O18. The largest absolute Gasteiger partial charge is 0.480 e. The molecular weight excluding hydrogens is 992 g/mol. The highest BCUT2D eigenvalue weighted by Gasteiger charge is 2.27. The number of methoxy groups -OCH3 is 3. The van der Waals surface area contributed by atoms with Crippen LogP contribution < -0.4 is 21.7 Å². The second kappa shape index (κ2) is 37.2. The van der Waals surface area contributed by atoms with Crippen molar-refractivity contribution in [2.45, 2.75) is 123 Å². The third-order valence-corrected chi connectivity index (χ3v) is 8.11. The van der Waals surface area contributed by atoms with Crippen molar-refractivity contribution in [3.8, 4) is 0 Å². The lowest BCUT2D eigenvalue weighted by molar-refractivity contribution is -0.149. The number of alkyl carbamates (subject to hydrolysis) is 3. The average molecular weight is 1070 g/mol. The lowest BCUT2D eigenvalue weighted by atomic mass is 10.2. The van der Waals surface area contributed by atoms with Crippen molar-refractivity contribution in [1.82, 2.24) is 16.0 Å². The molecule has 74 heavy (non-hydrogen) atoms. The summed E-state index contributed by atoms with van der Waals surface area (Å²) in [5.41, 5.74) is 6.14. The number of carboxylic acids is 1. The van der Waals surface area contributed by atoms with E-state index in [9.17, 15) is 33.6 Å².